The van der Waals surface area contributed by atoms with Gasteiger partial charge in [-0.3, -0.25) is 4.79 Å². The average molecular weight is 244 g/mol. The number of carbonyl (C=O) groups excluding carboxylic acids is 3. The smallest absolute Gasteiger partial charge is 0.381 e. The van der Waals surface area contributed by atoms with E-state index in [0.717, 1.165) is 0 Å². The minimum atomic E-state index is -0.827. The van der Waals surface area contributed by atoms with E-state index in [2.05, 4.69) is 16.4 Å². The van der Waals surface area contributed by atoms with Crippen molar-refractivity contribution in [1.82, 2.24) is 0 Å². The lowest BCUT2D eigenvalue weighted by molar-refractivity contribution is -0.255. The van der Waals surface area contributed by atoms with Gasteiger partial charge in [0.05, 0.1) is 19.4 Å². The van der Waals surface area contributed by atoms with Crippen molar-refractivity contribution in [3.8, 4) is 0 Å². The molecule has 0 spiro atoms. The number of hydrogen-bond donors (Lipinski definition) is 0. The van der Waals surface area contributed by atoms with E-state index in [1.807, 2.05) is 6.92 Å². The lowest BCUT2D eigenvalue weighted by atomic mass is 10.3. The normalized spacial score (nSPS) is 9.29. The first kappa shape index (κ1) is 15.2. The summed E-state index contributed by atoms with van der Waals surface area (Å²) in [5.74, 6) is -2.13. The number of carbonyl (C=O) groups is 3. The van der Waals surface area contributed by atoms with Gasteiger partial charge >= 0.3 is 17.9 Å². The highest BCUT2D eigenvalue weighted by Crippen LogP contribution is 1.99. The summed E-state index contributed by atoms with van der Waals surface area (Å²) in [6.45, 7) is 6.89. The molecule has 0 unspecified atom stereocenters. The summed E-state index contributed by atoms with van der Waals surface area (Å²) in [5.41, 5.74) is 0.111. The van der Waals surface area contributed by atoms with Crippen LogP contribution in [-0.4, -0.2) is 24.5 Å². The van der Waals surface area contributed by atoms with Crippen LogP contribution < -0.4 is 0 Å². The van der Waals surface area contributed by atoms with Gasteiger partial charge in [0.1, 0.15) is 0 Å². The molecule has 0 saturated carbocycles. The summed E-state index contributed by atoms with van der Waals surface area (Å²) in [5, 5.41) is 0. The van der Waals surface area contributed by atoms with Gasteiger partial charge < -0.3 is 4.74 Å². The molecule has 0 aromatic heterocycles. The van der Waals surface area contributed by atoms with Crippen LogP contribution in [0.4, 0.5) is 0 Å². The van der Waals surface area contributed by atoms with Crippen molar-refractivity contribution in [2.45, 2.75) is 33.1 Å². The molecule has 0 fully saturated rings. The Balaban J connectivity index is 3.69. The van der Waals surface area contributed by atoms with E-state index >= 15 is 0 Å². The van der Waals surface area contributed by atoms with Gasteiger partial charge in [0.15, 0.2) is 0 Å². The molecule has 0 saturated heterocycles. The molecule has 0 amide bonds. The Hall–Kier alpha value is -1.85. The van der Waals surface area contributed by atoms with Crippen LogP contribution in [0, 0.1) is 0 Å². The number of ether oxygens (including phenoxy) is 1. The molecular weight excluding hydrogens is 228 g/mol. The molecule has 0 bridgehead atoms. The van der Waals surface area contributed by atoms with Gasteiger partial charge in [-0.25, -0.2) is 19.4 Å². The van der Waals surface area contributed by atoms with E-state index in [1.165, 1.54) is 6.92 Å². The van der Waals surface area contributed by atoms with Gasteiger partial charge in [0.25, 0.3) is 0 Å². The zero-order chi connectivity index (χ0) is 13.3. The Bertz CT molecular complexity index is 307. The van der Waals surface area contributed by atoms with Crippen LogP contribution in [0.15, 0.2) is 12.2 Å². The van der Waals surface area contributed by atoms with Crippen molar-refractivity contribution in [2.24, 2.45) is 0 Å². The third-order valence-corrected chi connectivity index (χ3v) is 1.56. The highest BCUT2D eigenvalue weighted by molar-refractivity contribution is 5.87. The van der Waals surface area contributed by atoms with Crippen molar-refractivity contribution in [1.29, 1.82) is 0 Å². The standard InChI is InChI=1S/C11H16O6/c1-4-7-15-9(12)5-6-10(13)16-17-11(14)8(2)3/h2,4-7H2,1,3H3. The molecule has 17 heavy (non-hydrogen) atoms. The van der Waals surface area contributed by atoms with Gasteiger partial charge in [-0.2, -0.15) is 0 Å². The fraction of sp³-hybridized carbons (Fsp3) is 0.545. The predicted octanol–water partition coefficient (Wildman–Crippen LogP) is 1.30. The van der Waals surface area contributed by atoms with Crippen molar-refractivity contribution in [3.05, 3.63) is 12.2 Å². The highest BCUT2D eigenvalue weighted by atomic mass is 17.2. The third kappa shape index (κ3) is 8.01. The van der Waals surface area contributed by atoms with Crippen LogP contribution in [0.1, 0.15) is 33.1 Å². The fourth-order valence-electron chi connectivity index (χ4n) is 0.689. The monoisotopic (exact) mass is 244 g/mol. The molecule has 0 aromatic rings. The fourth-order valence-corrected chi connectivity index (χ4v) is 0.689. The summed E-state index contributed by atoms with van der Waals surface area (Å²) in [6, 6.07) is 0. The predicted molar refractivity (Wildman–Crippen MR) is 57.5 cm³/mol. The second kappa shape index (κ2) is 8.32. The molecule has 0 aromatic carbocycles. The summed E-state index contributed by atoms with van der Waals surface area (Å²) < 4.78 is 4.74. The number of hydrogen-bond acceptors (Lipinski definition) is 6. The minimum Gasteiger partial charge on any atom is -0.466 e. The maximum Gasteiger partial charge on any atom is 0.381 e. The zero-order valence-electron chi connectivity index (χ0n) is 9.99. The molecule has 0 atom stereocenters. The summed E-state index contributed by atoms with van der Waals surface area (Å²) in [4.78, 5) is 41.1. The average Bonchev–Trinajstić information content (AvgIpc) is 2.30. The maximum absolute atomic E-state index is 11.0. The molecule has 0 aliphatic heterocycles. The highest BCUT2D eigenvalue weighted by Gasteiger charge is 2.12. The van der Waals surface area contributed by atoms with Crippen LogP contribution in [0.5, 0.6) is 0 Å². The van der Waals surface area contributed by atoms with E-state index in [1.54, 1.807) is 0 Å². The molecule has 0 rings (SSSR count). The Kier molecular flexibility index (Phi) is 7.41. The van der Waals surface area contributed by atoms with Crippen LogP contribution >= 0.6 is 0 Å². The van der Waals surface area contributed by atoms with E-state index in [4.69, 9.17) is 4.74 Å². The quantitative estimate of drug-likeness (QED) is 0.303. The minimum absolute atomic E-state index is 0.108. The first-order valence-corrected chi connectivity index (χ1v) is 5.20. The Morgan fingerprint density at radius 3 is 2.18 bits per heavy atom. The molecule has 0 aliphatic rings. The van der Waals surface area contributed by atoms with Gasteiger partial charge in [-0.1, -0.05) is 13.5 Å². The van der Waals surface area contributed by atoms with Crippen molar-refractivity contribution in [2.75, 3.05) is 6.61 Å². The molecular formula is C11H16O6. The summed E-state index contributed by atoms with van der Waals surface area (Å²) >= 11 is 0. The molecule has 0 N–H and O–H groups in total. The van der Waals surface area contributed by atoms with Crippen LogP contribution in [0.25, 0.3) is 0 Å². The van der Waals surface area contributed by atoms with Crippen molar-refractivity contribution >= 4 is 17.9 Å². The van der Waals surface area contributed by atoms with Gasteiger partial charge in [-0.05, 0) is 13.3 Å². The van der Waals surface area contributed by atoms with Crippen molar-refractivity contribution < 1.29 is 28.9 Å². The lowest BCUT2D eigenvalue weighted by Crippen LogP contribution is -2.14. The van der Waals surface area contributed by atoms with E-state index in [9.17, 15) is 14.4 Å². The van der Waals surface area contributed by atoms with Gasteiger partial charge in [0.2, 0.25) is 0 Å². The largest absolute Gasteiger partial charge is 0.466 e. The van der Waals surface area contributed by atoms with Crippen LogP contribution in [0.2, 0.25) is 0 Å². The molecule has 96 valence electrons. The SMILES string of the molecule is C=C(C)C(=O)OOC(=O)CCC(=O)OCCC. The second-order valence-corrected chi connectivity index (χ2v) is 3.33. The molecule has 0 aliphatic carbocycles. The Labute approximate surface area is 99.5 Å². The zero-order valence-corrected chi connectivity index (χ0v) is 9.99. The molecule has 0 radical (unpaired) electrons. The Morgan fingerprint density at radius 1 is 1.06 bits per heavy atom. The molecule has 6 nitrogen and oxygen atoms in total. The third-order valence-electron chi connectivity index (χ3n) is 1.56. The van der Waals surface area contributed by atoms with Crippen molar-refractivity contribution in [3.63, 3.8) is 0 Å². The molecule has 0 heterocycles. The summed E-state index contributed by atoms with van der Waals surface area (Å²) in [7, 11) is 0. The van der Waals surface area contributed by atoms with Crippen LogP contribution in [0.3, 0.4) is 0 Å². The van der Waals surface area contributed by atoms with Crippen LogP contribution in [-0.2, 0) is 28.9 Å². The topological polar surface area (TPSA) is 78.9 Å². The van der Waals surface area contributed by atoms with E-state index in [-0.39, 0.29) is 18.4 Å². The second-order valence-electron chi connectivity index (χ2n) is 3.33. The maximum atomic E-state index is 11.0. The van der Waals surface area contributed by atoms with E-state index in [0.29, 0.717) is 13.0 Å². The first-order chi connectivity index (χ1) is 7.97. The number of rotatable bonds is 6. The van der Waals surface area contributed by atoms with Gasteiger partial charge in [-0.15, -0.1) is 0 Å². The summed E-state index contributed by atoms with van der Waals surface area (Å²) in [6.07, 6.45) is 0.405. The van der Waals surface area contributed by atoms with E-state index < -0.39 is 17.9 Å². The first-order valence-electron chi connectivity index (χ1n) is 5.20. The molecule has 6 heteroatoms. The Morgan fingerprint density at radius 2 is 1.65 bits per heavy atom. The van der Waals surface area contributed by atoms with Gasteiger partial charge in [0, 0.05) is 5.57 Å². The lowest BCUT2D eigenvalue weighted by Gasteiger charge is -2.03. The number of esters is 1.